The van der Waals surface area contributed by atoms with Gasteiger partial charge < -0.3 is 0 Å². The van der Waals surface area contributed by atoms with Gasteiger partial charge in [-0.2, -0.15) is 0 Å². The molecule has 106 valence electrons. The van der Waals surface area contributed by atoms with Crippen LogP contribution in [0.4, 0.5) is 4.39 Å². The van der Waals surface area contributed by atoms with Crippen molar-refractivity contribution in [1.82, 2.24) is 0 Å². The van der Waals surface area contributed by atoms with E-state index in [1.807, 2.05) is 0 Å². The molecule has 1 aliphatic carbocycles. The van der Waals surface area contributed by atoms with Gasteiger partial charge in [0.1, 0.15) is 5.82 Å². The Kier molecular flexibility index (Phi) is 5.14. The number of halogens is 3. The molecule has 0 heterocycles. The summed E-state index contributed by atoms with van der Waals surface area (Å²) in [4.78, 5) is 0. The summed E-state index contributed by atoms with van der Waals surface area (Å²) in [5.74, 6) is 1.63. The summed E-state index contributed by atoms with van der Waals surface area (Å²) in [5, 5.41) is 0.742. The van der Waals surface area contributed by atoms with Gasteiger partial charge in [-0.15, -0.1) is 11.6 Å². The first-order valence-electron chi connectivity index (χ1n) is 7.05. The Morgan fingerprint density at radius 3 is 2.68 bits per heavy atom. The number of benzene rings is 1. The molecule has 0 aromatic heterocycles. The molecule has 1 aromatic rings. The van der Waals surface area contributed by atoms with Crippen molar-refractivity contribution in [3.05, 3.63) is 34.6 Å². The van der Waals surface area contributed by atoms with E-state index in [2.05, 4.69) is 13.8 Å². The second kappa shape index (κ2) is 6.45. The van der Waals surface area contributed by atoms with E-state index >= 15 is 0 Å². The van der Waals surface area contributed by atoms with E-state index in [1.165, 1.54) is 18.6 Å². The Hall–Kier alpha value is -0.270. The van der Waals surface area contributed by atoms with E-state index in [-0.39, 0.29) is 11.2 Å². The SMILES string of the molecule is CC(C)C1CCC(Cl)C(Cc2ccc(F)cc2Cl)C1. The maximum atomic E-state index is 13.1. The van der Waals surface area contributed by atoms with Crippen molar-refractivity contribution in [3.63, 3.8) is 0 Å². The molecule has 1 fully saturated rings. The summed E-state index contributed by atoms with van der Waals surface area (Å²) in [6, 6.07) is 4.66. The molecule has 1 saturated carbocycles. The number of rotatable bonds is 3. The van der Waals surface area contributed by atoms with Crippen LogP contribution in [0.2, 0.25) is 5.02 Å². The molecule has 3 atom stereocenters. The molecule has 0 spiro atoms. The average Bonchev–Trinajstić information content (AvgIpc) is 2.34. The molecule has 0 radical (unpaired) electrons. The molecule has 0 amide bonds. The van der Waals surface area contributed by atoms with Crippen LogP contribution in [0, 0.1) is 23.6 Å². The van der Waals surface area contributed by atoms with Crippen LogP contribution in [0.5, 0.6) is 0 Å². The highest BCUT2D eigenvalue weighted by Gasteiger charge is 2.30. The molecular weight excluding hydrogens is 282 g/mol. The fourth-order valence-corrected chi connectivity index (χ4v) is 3.61. The van der Waals surface area contributed by atoms with Crippen LogP contribution in [0.1, 0.15) is 38.7 Å². The highest BCUT2D eigenvalue weighted by atomic mass is 35.5. The molecule has 0 N–H and O–H groups in total. The molecule has 1 aliphatic rings. The van der Waals surface area contributed by atoms with E-state index < -0.39 is 0 Å². The van der Waals surface area contributed by atoms with Gasteiger partial charge in [-0.05, 0) is 61.1 Å². The Morgan fingerprint density at radius 2 is 2.05 bits per heavy atom. The van der Waals surface area contributed by atoms with Gasteiger partial charge in [-0.1, -0.05) is 31.5 Å². The Bertz CT molecular complexity index is 431. The first-order valence-corrected chi connectivity index (χ1v) is 7.86. The van der Waals surface area contributed by atoms with Gasteiger partial charge in [0.2, 0.25) is 0 Å². The maximum absolute atomic E-state index is 13.1. The fourth-order valence-electron chi connectivity index (χ4n) is 3.05. The zero-order chi connectivity index (χ0) is 14.0. The van der Waals surface area contributed by atoms with Gasteiger partial charge in [0, 0.05) is 10.4 Å². The summed E-state index contributed by atoms with van der Waals surface area (Å²) in [6.07, 6.45) is 4.31. The zero-order valence-corrected chi connectivity index (χ0v) is 13.0. The van der Waals surface area contributed by atoms with E-state index in [0.29, 0.717) is 16.9 Å². The third-order valence-electron chi connectivity index (χ3n) is 4.37. The Morgan fingerprint density at radius 1 is 1.32 bits per heavy atom. The van der Waals surface area contributed by atoms with Crippen molar-refractivity contribution in [2.75, 3.05) is 0 Å². The van der Waals surface area contributed by atoms with Crippen LogP contribution >= 0.6 is 23.2 Å². The van der Waals surface area contributed by atoms with Crippen LogP contribution in [0.15, 0.2) is 18.2 Å². The minimum absolute atomic E-state index is 0.219. The lowest BCUT2D eigenvalue weighted by Crippen LogP contribution is -2.29. The van der Waals surface area contributed by atoms with Gasteiger partial charge >= 0.3 is 0 Å². The van der Waals surface area contributed by atoms with Gasteiger partial charge in [-0.25, -0.2) is 4.39 Å². The molecular formula is C16H21Cl2F. The first-order chi connectivity index (χ1) is 8.97. The molecule has 0 aliphatic heterocycles. The highest BCUT2D eigenvalue weighted by Crippen LogP contribution is 2.38. The molecule has 3 heteroatoms. The molecule has 2 rings (SSSR count). The minimum Gasteiger partial charge on any atom is -0.207 e. The lowest BCUT2D eigenvalue weighted by atomic mass is 9.74. The lowest BCUT2D eigenvalue weighted by Gasteiger charge is -2.35. The fraction of sp³-hybridized carbons (Fsp3) is 0.625. The van der Waals surface area contributed by atoms with Crippen LogP contribution < -0.4 is 0 Å². The van der Waals surface area contributed by atoms with Crippen LogP contribution in [0.25, 0.3) is 0 Å². The van der Waals surface area contributed by atoms with E-state index in [9.17, 15) is 4.39 Å². The lowest BCUT2D eigenvalue weighted by molar-refractivity contribution is 0.218. The minimum atomic E-state index is -0.278. The Balaban J connectivity index is 2.07. The molecule has 0 saturated heterocycles. The van der Waals surface area contributed by atoms with Crippen LogP contribution in [0.3, 0.4) is 0 Å². The largest absolute Gasteiger partial charge is 0.207 e. The maximum Gasteiger partial charge on any atom is 0.124 e. The second-order valence-electron chi connectivity index (χ2n) is 6.03. The second-order valence-corrected chi connectivity index (χ2v) is 7.00. The van der Waals surface area contributed by atoms with Gasteiger partial charge in [-0.3, -0.25) is 0 Å². The smallest absolute Gasteiger partial charge is 0.124 e. The van der Waals surface area contributed by atoms with Crippen LogP contribution in [-0.4, -0.2) is 5.38 Å². The summed E-state index contributed by atoms with van der Waals surface area (Å²) in [7, 11) is 0. The number of hydrogen-bond donors (Lipinski definition) is 0. The summed E-state index contributed by atoms with van der Waals surface area (Å²) >= 11 is 12.6. The quantitative estimate of drug-likeness (QED) is 0.628. The van der Waals surface area contributed by atoms with Gasteiger partial charge in [0.25, 0.3) is 0 Å². The predicted molar refractivity (Wildman–Crippen MR) is 80.4 cm³/mol. The third kappa shape index (κ3) is 3.86. The normalized spacial score (nSPS) is 27.8. The van der Waals surface area contributed by atoms with Crippen molar-refractivity contribution >= 4 is 23.2 Å². The number of alkyl halides is 1. The molecule has 0 bridgehead atoms. The van der Waals surface area contributed by atoms with E-state index in [4.69, 9.17) is 23.2 Å². The molecule has 0 nitrogen and oxygen atoms in total. The van der Waals surface area contributed by atoms with E-state index in [1.54, 1.807) is 6.07 Å². The molecule has 3 unspecified atom stereocenters. The Labute approximate surface area is 125 Å². The van der Waals surface area contributed by atoms with Crippen molar-refractivity contribution in [2.24, 2.45) is 17.8 Å². The van der Waals surface area contributed by atoms with Crippen LogP contribution in [-0.2, 0) is 6.42 Å². The highest BCUT2D eigenvalue weighted by molar-refractivity contribution is 6.31. The van der Waals surface area contributed by atoms with Crippen molar-refractivity contribution in [3.8, 4) is 0 Å². The average molecular weight is 303 g/mol. The number of hydrogen-bond acceptors (Lipinski definition) is 0. The van der Waals surface area contributed by atoms with Crippen molar-refractivity contribution in [2.45, 2.75) is 44.9 Å². The summed E-state index contributed by atoms with van der Waals surface area (Å²) in [6.45, 7) is 4.56. The summed E-state index contributed by atoms with van der Waals surface area (Å²) < 4.78 is 13.1. The standard InChI is InChI=1S/C16H21Cl2F/c1-10(2)11-4-6-15(17)13(7-11)8-12-3-5-14(19)9-16(12)18/h3,5,9-11,13,15H,4,6-8H2,1-2H3. The third-order valence-corrected chi connectivity index (χ3v) is 5.30. The van der Waals surface area contributed by atoms with Gasteiger partial charge in [0.05, 0.1) is 0 Å². The van der Waals surface area contributed by atoms with Crippen molar-refractivity contribution < 1.29 is 4.39 Å². The molecule has 19 heavy (non-hydrogen) atoms. The topological polar surface area (TPSA) is 0 Å². The predicted octanol–water partition coefficient (Wildman–Crippen LogP) is 5.70. The monoisotopic (exact) mass is 302 g/mol. The summed E-state index contributed by atoms with van der Waals surface area (Å²) in [5.41, 5.74) is 1.02. The van der Waals surface area contributed by atoms with Gasteiger partial charge in [0.15, 0.2) is 0 Å². The van der Waals surface area contributed by atoms with E-state index in [0.717, 1.165) is 30.7 Å². The first kappa shape index (κ1) is 15.1. The zero-order valence-electron chi connectivity index (χ0n) is 11.5. The van der Waals surface area contributed by atoms with Crippen molar-refractivity contribution in [1.29, 1.82) is 0 Å². The molecule has 1 aromatic carbocycles.